The van der Waals surface area contributed by atoms with Crippen LogP contribution in [0.4, 0.5) is 5.69 Å². The van der Waals surface area contributed by atoms with E-state index in [0.29, 0.717) is 5.75 Å². The molecule has 21 heavy (non-hydrogen) atoms. The van der Waals surface area contributed by atoms with E-state index in [1.807, 2.05) is 18.2 Å². The van der Waals surface area contributed by atoms with E-state index in [1.54, 1.807) is 19.2 Å². The van der Waals surface area contributed by atoms with E-state index in [2.05, 4.69) is 15.9 Å². The van der Waals surface area contributed by atoms with Gasteiger partial charge in [-0.2, -0.15) is 0 Å². The summed E-state index contributed by atoms with van der Waals surface area (Å²) in [5.74, 6) is 0.355. The number of nitro benzene ring substituents is 1. The Bertz CT molecular complexity index is 643. The molecule has 0 aliphatic carbocycles. The second-order valence-electron chi connectivity index (χ2n) is 4.47. The molecule has 0 heterocycles. The van der Waals surface area contributed by atoms with Gasteiger partial charge >= 0.3 is 0 Å². The smallest absolute Gasteiger partial charge is 0.269 e. The topological polar surface area (TPSA) is 72.6 Å². The quantitative estimate of drug-likeness (QED) is 0.660. The summed E-state index contributed by atoms with van der Waals surface area (Å²) in [5, 5.41) is 20.4. The molecule has 0 saturated carbocycles. The van der Waals surface area contributed by atoms with Crippen molar-refractivity contribution >= 4 is 21.6 Å². The predicted molar refractivity (Wildman–Crippen MR) is 82.7 cm³/mol. The van der Waals surface area contributed by atoms with Crippen molar-refractivity contribution in [1.29, 1.82) is 0 Å². The Labute approximate surface area is 130 Å². The van der Waals surface area contributed by atoms with E-state index in [0.717, 1.165) is 15.6 Å². The summed E-state index contributed by atoms with van der Waals surface area (Å²) in [6, 6.07) is 11.7. The molecule has 2 aromatic carbocycles. The molecule has 0 aromatic heterocycles. The van der Waals surface area contributed by atoms with Gasteiger partial charge in [0, 0.05) is 28.1 Å². The number of benzene rings is 2. The van der Waals surface area contributed by atoms with Crippen LogP contribution in [-0.4, -0.2) is 23.7 Å². The average Bonchev–Trinajstić information content (AvgIpc) is 2.49. The van der Waals surface area contributed by atoms with E-state index in [-0.39, 0.29) is 18.2 Å². The van der Waals surface area contributed by atoms with Crippen molar-refractivity contribution in [2.75, 3.05) is 13.7 Å². The summed E-state index contributed by atoms with van der Waals surface area (Å²) in [4.78, 5) is 10.2. The van der Waals surface area contributed by atoms with Gasteiger partial charge in [0.1, 0.15) is 5.75 Å². The molecule has 0 amide bonds. The fourth-order valence-electron chi connectivity index (χ4n) is 2.19. The number of hydrogen-bond acceptors (Lipinski definition) is 4. The number of nitrogens with zero attached hydrogens (tertiary/aromatic N) is 1. The van der Waals surface area contributed by atoms with E-state index in [4.69, 9.17) is 4.74 Å². The van der Waals surface area contributed by atoms with Gasteiger partial charge in [-0.05, 0) is 23.8 Å². The highest BCUT2D eigenvalue weighted by Crippen LogP contribution is 2.34. The molecule has 0 fully saturated rings. The van der Waals surface area contributed by atoms with Gasteiger partial charge in [-0.1, -0.05) is 28.1 Å². The molecule has 2 aromatic rings. The largest absolute Gasteiger partial charge is 0.496 e. The third-order valence-corrected chi connectivity index (χ3v) is 3.75. The molecular formula is C15H14BrNO4. The minimum absolute atomic E-state index is 0.0247. The molecule has 1 N–H and O–H groups in total. The van der Waals surface area contributed by atoms with Crippen LogP contribution < -0.4 is 4.74 Å². The zero-order valence-electron chi connectivity index (χ0n) is 11.3. The Hall–Kier alpha value is -1.92. The number of non-ortho nitro benzene ring substituents is 1. The van der Waals surface area contributed by atoms with Gasteiger partial charge < -0.3 is 9.84 Å². The van der Waals surface area contributed by atoms with Crippen molar-refractivity contribution in [3.8, 4) is 5.75 Å². The van der Waals surface area contributed by atoms with Crippen LogP contribution >= 0.6 is 15.9 Å². The predicted octanol–water partition coefficient (Wildman–Crippen LogP) is 3.49. The summed E-state index contributed by atoms with van der Waals surface area (Å²) in [5.41, 5.74) is 1.64. The molecule has 5 nitrogen and oxygen atoms in total. The Morgan fingerprint density at radius 1 is 1.29 bits per heavy atom. The number of aliphatic hydroxyl groups is 1. The molecule has 0 bridgehead atoms. The lowest BCUT2D eigenvalue weighted by Gasteiger charge is -2.18. The normalized spacial score (nSPS) is 12.0. The third kappa shape index (κ3) is 3.40. The first kappa shape index (κ1) is 15.5. The van der Waals surface area contributed by atoms with Crippen molar-refractivity contribution in [3.05, 3.63) is 68.2 Å². The zero-order chi connectivity index (χ0) is 15.4. The highest BCUT2D eigenvalue weighted by atomic mass is 79.9. The minimum Gasteiger partial charge on any atom is -0.496 e. The van der Waals surface area contributed by atoms with Crippen molar-refractivity contribution < 1.29 is 14.8 Å². The molecule has 0 radical (unpaired) electrons. The lowest BCUT2D eigenvalue weighted by molar-refractivity contribution is -0.384. The first-order valence-electron chi connectivity index (χ1n) is 6.25. The molecule has 0 aliphatic rings. The summed E-state index contributed by atoms with van der Waals surface area (Å²) in [7, 11) is 1.57. The van der Waals surface area contributed by atoms with E-state index in [9.17, 15) is 15.2 Å². The van der Waals surface area contributed by atoms with Crippen molar-refractivity contribution in [2.24, 2.45) is 0 Å². The number of hydrogen-bond donors (Lipinski definition) is 1. The Balaban J connectivity index is 2.44. The monoisotopic (exact) mass is 351 g/mol. The second kappa shape index (κ2) is 6.69. The van der Waals surface area contributed by atoms with Gasteiger partial charge in [0.25, 0.3) is 5.69 Å². The van der Waals surface area contributed by atoms with Gasteiger partial charge in [0.05, 0.1) is 18.6 Å². The van der Waals surface area contributed by atoms with Gasteiger partial charge in [0.2, 0.25) is 0 Å². The standard InChI is InChI=1S/C15H14BrNO4/c1-21-15-7-4-11(16)8-13(15)14(9-18)10-2-5-12(6-3-10)17(19)20/h2-8,14,18H,9H2,1H3. The Kier molecular flexibility index (Phi) is 4.93. The van der Waals surface area contributed by atoms with E-state index < -0.39 is 4.92 Å². The SMILES string of the molecule is COc1ccc(Br)cc1C(CO)c1ccc([N+](=O)[O-])cc1. The number of ether oxygens (including phenoxy) is 1. The third-order valence-electron chi connectivity index (χ3n) is 3.26. The van der Waals surface area contributed by atoms with Crippen molar-refractivity contribution in [1.82, 2.24) is 0 Å². The molecule has 2 rings (SSSR count). The highest BCUT2D eigenvalue weighted by molar-refractivity contribution is 9.10. The van der Waals surface area contributed by atoms with Crippen molar-refractivity contribution in [3.63, 3.8) is 0 Å². The number of halogens is 1. The second-order valence-corrected chi connectivity index (χ2v) is 5.39. The maximum absolute atomic E-state index is 10.7. The summed E-state index contributed by atoms with van der Waals surface area (Å²) in [6.45, 7) is -0.120. The minimum atomic E-state index is -0.447. The average molecular weight is 352 g/mol. The lowest BCUT2D eigenvalue weighted by atomic mass is 9.91. The van der Waals surface area contributed by atoms with Gasteiger partial charge in [-0.3, -0.25) is 10.1 Å². The number of rotatable bonds is 5. The Morgan fingerprint density at radius 2 is 1.95 bits per heavy atom. The first-order chi connectivity index (χ1) is 10.1. The zero-order valence-corrected chi connectivity index (χ0v) is 12.9. The first-order valence-corrected chi connectivity index (χ1v) is 7.04. The molecule has 0 aliphatic heterocycles. The van der Waals surface area contributed by atoms with Crippen LogP contribution in [0.3, 0.4) is 0 Å². The van der Waals surface area contributed by atoms with Crippen LogP contribution in [0.5, 0.6) is 5.75 Å². The van der Waals surface area contributed by atoms with E-state index in [1.165, 1.54) is 12.1 Å². The molecule has 0 spiro atoms. The number of methoxy groups -OCH3 is 1. The number of aliphatic hydroxyl groups excluding tert-OH is 1. The molecule has 6 heteroatoms. The fourth-order valence-corrected chi connectivity index (χ4v) is 2.57. The van der Waals surface area contributed by atoms with Crippen LogP contribution in [0, 0.1) is 10.1 Å². The summed E-state index contributed by atoms with van der Waals surface area (Å²) < 4.78 is 6.20. The molecule has 0 saturated heterocycles. The van der Waals surface area contributed by atoms with Gasteiger partial charge in [0.15, 0.2) is 0 Å². The van der Waals surface area contributed by atoms with Gasteiger partial charge in [-0.15, -0.1) is 0 Å². The van der Waals surface area contributed by atoms with Crippen LogP contribution in [0.2, 0.25) is 0 Å². The van der Waals surface area contributed by atoms with Crippen LogP contribution in [0.1, 0.15) is 17.0 Å². The van der Waals surface area contributed by atoms with Gasteiger partial charge in [-0.25, -0.2) is 0 Å². The molecular weight excluding hydrogens is 338 g/mol. The highest BCUT2D eigenvalue weighted by Gasteiger charge is 2.19. The molecule has 1 atom stereocenters. The van der Waals surface area contributed by atoms with Crippen LogP contribution in [0.15, 0.2) is 46.9 Å². The number of nitro groups is 1. The van der Waals surface area contributed by atoms with Crippen LogP contribution in [0.25, 0.3) is 0 Å². The summed E-state index contributed by atoms with van der Waals surface area (Å²) in [6.07, 6.45) is 0. The fraction of sp³-hybridized carbons (Fsp3) is 0.200. The van der Waals surface area contributed by atoms with E-state index >= 15 is 0 Å². The van der Waals surface area contributed by atoms with Crippen molar-refractivity contribution in [2.45, 2.75) is 5.92 Å². The molecule has 1 unspecified atom stereocenters. The maximum Gasteiger partial charge on any atom is 0.269 e. The Morgan fingerprint density at radius 3 is 2.48 bits per heavy atom. The molecule has 110 valence electrons. The summed E-state index contributed by atoms with van der Waals surface area (Å²) >= 11 is 3.40. The maximum atomic E-state index is 10.7. The van der Waals surface area contributed by atoms with Crippen LogP contribution in [-0.2, 0) is 0 Å². The lowest BCUT2D eigenvalue weighted by Crippen LogP contribution is -2.08.